The van der Waals surface area contributed by atoms with Crippen LogP contribution in [0.5, 0.6) is 0 Å². The molecule has 0 spiro atoms. The fourth-order valence-corrected chi connectivity index (χ4v) is 3.87. The van der Waals surface area contributed by atoms with Gasteiger partial charge < -0.3 is 10.6 Å². The fourth-order valence-electron chi connectivity index (χ4n) is 2.96. The Morgan fingerprint density at radius 2 is 2.07 bits per heavy atom. The van der Waals surface area contributed by atoms with Crippen molar-refractivity contribution in [3.63, 3.8) is 0 Å². The van der Waals surface area contributed by atoms with Gasteiger partial charge in [-0.25, -0.2) is 4.98 Å². The monoisotopic (exact) mass is 406 g/mol. The summed E-state index contributed by atoms with van der Waals surface area (Å²) in [6, 6.07) is 9.83. The molecule has 0 aliphatic heterocycles. The predicted molar refractivity (Wildman–Crippen MR) is 113 cm³/mol. The summed E-state index contributed by atoms with van der Waals surface area (Å²) in [5.74, 6) is -0.131. The lowest BCUT2D eigenvalue weighted by Crippen LogP contribution is -2.22. The Hall–Kier alpha value is -3.26. The minimum absolute atomic E-state index is 0.131. The van der Waals surface area contributed by atoms with Crippen LogP contribution >= 0.6 is 11.3 Å². The van der Waals surface area contributed by atoms with Crippen molar-refractivity contribution in [1.29, 1.82) is 0 Å². The number of nitrogens with one attached hydrogen (secondary N) is 2. The van der Waals surface area contributed by atoms with Crippen LogP contribution < -0.4 is 10.6 Å². The summed E-state index contributed by atoms with van der Waals surface area (Å²) < 4.78 is 1.62. The average molecular weight is 407 g/mol. The van der Waals surface area contributed by atoms with Gasteiger partial charge in [-0.15, -0.1) is 5.10 Å². The van der Waals surface area contributed by atoms with Gasteiger partial charge in [0.15, 0.2) is 0 Å². The maximum Gasteiger partial charge on any atom is 0.263 e. The normalized spacial score (nSPS) is 13.2. The predicted octanol–water partition coefficient (Wildman–Crippen LogP) is 3.29. The molecule has 0 saturated heterocycles. The Labute approximate surface area is 173 Å². The van der Waals surface area contributed by atoms with Gasteiger partial charge in [0.2, 0.25) is 5.13 Å². The number of allylic oxidation sites excluding steroid dienone is 3. The molecular weight excluding hydrogens is 384 g/mol. The van der Waals surface area contributed by atoms with E-state index in [1.54, 1.807) is 4.68 Å². The van der Waals surface area contributed by atoms with Crippen molar-refractivity contribution in [2.24, 2.45) is 0 Å². The molecule has 1 aromatic carbocycles. The number of aryl methyl sites for hydroxylation is 1. The second-order valence-corrected chi connectivity index (χ2v) is 7.70. The van der Waals surface area contributed by atoms with Crippen LogP contribution in [0.3, 0.4) is 0 Å². The van der Waals surface area contributed by atoms with Crippen molar-refractivity contribution < 1.29 is 4.79 Å². The van der Waals surface area contributed by atoms with E-state index < -0.39 is 0 Å². The summed E-state index contributed by atoms with van der Waals surface area (Å²) in [6.45, 7) is 2.90. The van der Waals surface area contributed by atoms with E-state index in [-0.39, 0.29) is 5.91 Å². The smallest absolute Gasteiger partial charge is 0.263 e. The highest BCUT2D eigenvalue weighted by Crippen LogP contribution is 2.21. The number of aromatic nitrogens is 4. The van der Waals surface area contributed by atoms with E-state index in [1.807, 2.05) is 43.5 Å². The van der Waals surface area contributed by atoms with Crippen LogP contribution in [0.25, 0.3) is 5.13 Å². The standard InChI is InChI=1S/C21H22N6OS/c1-15-19(20(28)23-12-16-8-4-2-5-9-16)29-21(24-15)27-14-18(25-26-27)13-22-17-10-6-3-7-11-17/h2,4-6,8-11,14,22H,3,7,12-13H2,1H3,(H,23,28). The number of nitrogens with zero attached hydrogens (tertiary/aromatic N) is 4. The maximum absolute atomic E-state index is 12.6. The minimum atomic E-state index is -0.131. The molecule has 0 fully saturated rings. The number of rotatable bonds is 7. The zero-order valence-electron chi connectivity index (χ0n) is 16.1. The number of carbonyl (C=O) groups is 1. The van der Waals surface area contributed by atoms with E-state index in [1.165, 1.54) is 11.3 Å². The maximum atomic E-state index is 12.6. The molecule has 0 bridgehead atoms. The first-order valence-electron chi connectivity index (χ1n) is 9.51. The summed E-state index contributed by atoms with van der Waals surface area (Å²) in [7, 11) is 0. The third-order valence-electron chi connectivity index (χ3n) is 4.49. The van der Waals surface area contributed by atoms with Crippen LogP contribution in [0.4, 0.5) is 0 Å². The molecule has 3 aromatic rings. The first kappa shape index (κ1) is 19.1. The van der Waals surface area contributed by atoms with Gasteiger partial charge in [-0.1, -0.05) is 59.0 Å². The SMILES string of the molecule is Cc1nc(-n2cc(CNC3=CCCC=C3)nn2)sc1C(=O)NCc1ccccc1. The van der Waals surface area contributed by atoms with Gasteiger partial charge in [0.25, 0.3) is 5.91 Å². The molecule has 2 N–H and O–H groups in total. The van der Waals surface area contributed by atoms with E-state index in [9.17, 15) is 4.79 Å². The first-order chi connectivity index (χ1) is 14.2. The molecule has 148 valence electrons. The summed E-state index contributed by atoms with van der Waals surface area (Å²) >= 11 is 1.31. The number of amides is 1. The number of thiazole rings is 1. The molecule has 1 aliphatic carbocycles. The Morgan fingerprint density at radius 1 is 1.21 bits per heavy atom. The minimum Gasteiger partial charge on any atom is -0.380 e. The van der Waals surface area contributed by atoms with Crippen LogP contribution in [0.2, 0.25) is 0 Å². The Bertz CT molecular complexity index is 1050. The molecule has 29 heavy (non-hydrogen) atoms. The molecule has 0 atom stereocenters. The van der Waals surface area contributed by atoms with E-state index in [0.717, 1.165) is 29.8 Å². The lowest BCUT2D eigenvalue weighted by atomic mass is 10.1. The van der Waals surface area contributed by atoms with Crippen LogP contribution in [0.1, 0.15) is 39.5 Å². The van der Waals surface area contributed by atoms with Crippen molar-refractivity contribution in [3.05, 3.63) is 82.3 Å². The largest absolute Gasteiger partial charge is 0.380 e. The van der Waals surface area contributed by atoms with Gasteiger partial charge in [0.05, 0.1) is 18.4 Å². The summed E-state index contributed by atoms with van der Waals surface area (Å²) in [6.07, 6.45) is 10.4. The summed E-state index contributed by atoms with van der Waals surface area (Å²) in [5.41, 5.74) is 3.66. The van der Waals surface area contributed by atoms with E-state index in [4.69, 9.17) is 0 Å². The highest BCUT2D eigenvalue weighted by Gasteiger charge is 2.17. The number of carbonyl (C=O) groups excluding carboxylic acids is 1. The molecule has 2 aromatic heterocycles. The van der Waals surface area contributed by atoms with Gasteiger partial charge in [-0.2, -0.15) is 4.68 Å². The Morgan fingerprint density at radius 3 is 2.86 bits per heavy atom. The topological polar surface area (TPSA) is 84.7 Å². The van der Waals surface area contributed by atoms with Crippen LogP contribution in [-0.4, -0.2) is 25.9 Å². The molecule has 0 radical (unpaired) electrons. The van der Waals surface area contributed by atoms with Crippen molar-refractivity contribution in [2.45, 2.75) is 32.9 Å². The molecule has 7 nitrogen and oxygen atoms in total. The van der Waals surface area contributed by atoms with Crippen LogP contribution in [0.15, 0.2) is 60.5 Å². The number of hydrogen-bond donors (Lipinski definition) is 2. The highest BCUT2D eigenvalue weighted by molar-refractivity contribution is 7.16. The lowest BCUT2D eigenvalue weighted by Gasteiger charge is -2.08. The summed E-state index contributed by atoms with van der Waals surface area (Å²) in [4.78, 5) is 17.6. The first-order valence-corrected chi connectivity index (χ1v) is 10.3. The molecule has 8 heteroatoms. The molecular formula is C21H22N6OS. The molecule has 0 saturated carbocycles. The molecule has 0 unspecified atom stereocenters. The molecule has 1 aliphatic rings. The van der Waals surface area contributed by atoms with Crippen molar-refractivity contribution in [3.8, 4) is 5.13 Å². The Balaban J connectivity index is 1.39. The van der Waals surface area contributed by atoms with Crippen LogP contribution in [0, 0.1) is 6.92 Å². The highest BCUT2D eigenvalue weighted by atomic mass is 32.1. The van der Waals surface area contributed by atoms with Crippen molar-refractivity contribution in [1.82, 2.24) is 30.6 Å². The second kappa shape index (κ2) is 8.83. The second-order valence-electron chi connectivity index (χ2n) is 6.73. The van der Waals surface area contributed by atoms with Gasteiger partial charge in [-0.05, 0) is 31.4 Å². The molecule has 1 amide bonds. The zero-order valence-corrected chi connectivity index (χ0v) is 16.9. The Kier molecular flexibility index (Phi) is 5.81. The average Bonchev–Trinajstić information content (AvgIpc) is 3.39. The van der Waals surface area contributed by atoms with E-state index in [2.05, 4.69) is 44.2 Å². The fraction of sp³-hybridized carbons (Fsp3) is 0.238. The van der Waals surface area contributed by atoms with Crippen LogP contribution in [-0.2, 0) is 13.1 Å². The quantitative estimate of drug-likeness (QED) is 0.629. The number of hydrogen-bond acceptors (Lipinski definition) is 6. The molecule has 4 rings (SSSR count). The zero-order chi connectivity index (χ0) is 20.1. The van der Waals surface area contributed by atoms with Crippen molar-refractivity contribution in [2.75, 3.05) is 0 Å². The van der Waals surface area contributed by atoms with Gasteiger partial charge in [0.1, 0.15) is 10.6 Å². The van der Waals surface area contributed by atoms with E-state index >= 15 is 0 Å². The van der Waals surface area contributed by atoms with Crippen molar-refractivity contribution >= 4 is 17.2 Å². The lowest BCUT2D eigenvalue weighted by molar-refractivity contribution is 0.0954. The number of benzene rings is 1. The third-order valence-corrected chi connectivity index (χ3v) is 5.64. The van der Waals surface area contributed by atoms with E-state index in [0.29, 0.717) is 28.8 Å². The van der Waals surface area contributed by atoms with Gasteiger partial charge in [-0.3, -0.25) is 4.79 Å². The van der Waals surface area contributed by atoms with Gasteiger partial charge in [0, 0.05) is 12.2 Å². The summed E-state index contributed by atoms with van der Waals surface area (Å²) in [5, 5.41) is 15.3. The third kappa shape index (κ3) is 4.78. The van der Waals surface area contributed by atoms with Gasteiger partial charge >= 0.3 is 0 Å². The molecule has 2 heterocycles.